The fourth-order valence-corrected chi connectivity index (χ4v) is 3.20. The molecule has 2 heterocycles. The molecule has 2 aromatic heterocycles. The second kappa shape index (κ2) is 4.88. The molecule has 0 aliphatic heterocycles. The minimum Gasteiger partial charge on any atom is -0.288 e. The Kier molecular flexibility index (Phi) is 3.51. The van der Waals surface area contributed by atoms with E-state index in [4.69, 9.17) is 0 Å². The number of hydrogen-bond donors (Lipinski definition) is 0. The molecule has 2 aromatic rings. The number of hydrogen-bond acceptors (Lipinski definition) is 3. The summed E-state index contributed by atoms with van der Waals surface area (Å²) in [5.41, 5.74) is 1.07. The number of rotatable bonds is 3. The van der Waals surface area contributed by atoms with Crippen LogP contribution in [0.5, 0.6) is 0 Å². The number of carbonyl (C=O) groups excluding carboxylic acids is 1. The van der Waals surface area contributed by atoms with Crippen molar-refractivity contribution in [1.29, 1.82) is 0 Å². The zero-order chi connectivity index (χ0) is 10.7. The summed E-state index contributed by atoms with van der Waals surface area (Å²) in [6.45, 7) is 0. The van der Waals surface area contributed by atoms with E-state index in [0.717, 1.165) is 14.9 Å². The van der Waals surface area contributed by atoms with Gasteiger partial charge in [-0.15, -0.1) is 11.3 Å². The third kappa shape index (κ3) is 2.65. The van der Waals surface area contributed by atoms with Crippen molar-refractivity contribution in [3.05, 3.63) is 49.3 Å². The number of allylic oxidation sites excluding steroid dienone is 1. The van der Waals surface area contributed by atoms with Gasteiger partial charge in [0.05, 0.1) is 4.88 Å². The van der Waals surface area contributed by atoms with Gasteiger partial charge in [0.15, 0.2) is 5.78 Å². The Morgan fingerprint density at radius 2 is 2.20 bits per heavy atom. The Labute approximate surface area is 104 Å². The molecular formula is C11H7BrOS2. The van der Waals surface area contributed by atoms with Crippen molar-refractivity contribution in [3.8, 4) is 0 Å². The standard InChI is InChI=1S/C11H7BrOS2/c12-9-4-6-15-11(9)10(13)2-1-8-3-5-14-7-8/h1-7H. The first-order chi connectivity index (χ1) is 7.27. The van der Waals surface area contributed by atoms with Crippen molar-refractivity contribution in [2.75, 3.05) is 0 Å². The largest absolute Gasteiger partial charge is 0.288 e. The van der Waals surface area contributed by atoms with E-state index >= 15 is 0 Å². The van der Waals surface area contributed by atoms with Gasteiger partial charge in [0.2, 0.25) is 0 Å². The van der Waals surface area contributed by atoms with Crippen molar-refractivity contribution in [2.24, 2.45) is 0 Å². The third-order valence-corrected chi connectivity index (χ3v) is 4.37. The molecule has 2 rings (SSSR count). The number of thiophene rings is 2. The van der Waals surface area contributed by atoms with Crippen LogP contribution in [-0.2, 0) is 0 Å². The van der Waals surface area contributed by atoms with Crippen LogP contribution in [0.4, 0.5) is 0 Å². The van der Waals surface area contributed by atoms with Gasteiger partial charge in [-0.1, -0.05) is 6.08 Å². The minimum atomic E-state index is 0.0445. The first kappa shape index (κ1) is 10.8. The second-order valence-corrected chi connectivity index (χ2v) is 5.40. The van der Waals surface area contributed by atoms with E-state index in [9.17, 15) is 4.79 Å². The van der Waals surface area contributed by atoms with E-state index in [0.29, 0.717) is 0 Å². The highest BCUT2D eigenvalue weighted by molar-refractivity contribution is 9.10. The summed E-state index contributed by atoms with van der Waals surface area (Å²) < 4.78 is 0.868. The van der Waals surface area contributed by atoms with E-state index in [1.807, 2.05) is 34.3 Å². The quantitative estimate of drug-likeness (QED) is 0.604. The van der Waals surface area contributed by atoms with Gasteiger partial charge in [-0.05, 0) is 55.8 Å². The first-order valence-electron chi connectivity index (χ1n) is 4.25. The van der Waals surface area contributed by atoms with Gasteiger partial charge in [-0.3, -0.25) is 4.79 Å². The topological polar surface area (TPSA) is 17.1 Å². The van der Waals surface area contributed by atoms with Crippen molar-refractivity contribution < 1.29 is 4.79 Å². The molecule has 0 radical (unpaired) electrons. The van der Waals surface area contributed by atoms with Crippen LogP contribution in [0, 0.1) is 0 Å². The predicted octanol–water partition coefficient (Wildman–Crippen LogP) is 4.47. The van der Waals surface area contributed by atoms with E-state index in [1.165, 1.54) is 11.3 Å². The smallest absolute Gasteiger partial charge is 0.196 e. The van der Waals surface area contributed by atoms with Crippen LogP contribution < -0.4 is 0 Å². The third-order valence-electron chi connectivity index (χ3n) is 1.81. The number of ketones is 1. The summed E-state index contributed by atoms with van der Waals surface area (Å²) in [7, 11) is 0. The van der Waals surface area contributed by atoms with Crippen molar-refractivity contribution in [2.45, 2.75) is 0 Å². The van der Waals surface area contributed by atoms with E-state index in [2.05, 4.69) is 15.9 Å². The van der Waals surface area contributed by atoms with Gasteiger partial charge >= 0.3 is 0 Å². The van der Waals surface area contributed by atoms with Gasteiger partial charge in [-0.25, -0.2) is 0 Å². The molecule has 0 bridgehead atoms. The Morgan fingerprint density at radius 1 is 1.33 bits per heavy atom. The first-order valence-corrected chi connectivity index (χ1v) is 6.86. The van der Waals surface area contributed by atoms with Gasteiger partial charge < -0.3 is 0 Å². The van der Waals surface area contributed by atoms with Crippen LogP contribution in [0.1, 0.15) is 15.2 Å². The lowest BCUT2D eigenvalue weighted by atomic mass is 10.2. The Morgan fingerprint density at radius 3 is 2.80 bits per heavy atom. The zero-order valence-electron chi connectivity index (χ0n) is 7.64. The van der Waals surface area contributed by atoms with Crippen LogP contribution in [0.25, 0.3) is 6.08 Å². The van der Waals surface area contributed by atoms with Crippen LogP contribution in [0.2, 0.25) is 0 Å². The molecule has 0 aromatic carbocycles. The van der Waals surface area contributed by atoms with Crippen molar-refractivity contribution in [3.63, 3.8) is 0 Å². The molecule has 0 aliphatic rings. The lowest BCUT2D eigenvalue weighted by Crippen LogP contribution is -1.89. The van der Waals surface area contributed by atoms with Crippen LogP contribution >= 0.6 is 38.6 Å². The van der Waals surface area contributed by atoms with E-state index in [1.54, 1.807) is 17.4 Å². The molecule has 0 fully saturated rings. The highest BCUT2D eigenvalue weighted by Gasteiger charge is 2.07. The molecule has 4 heteroatoms. The van der Waals surface area contributed by atoms with Gasteiger partial charge in [0, 0.05) is 4.47 Å². The lowest BCUT2D eigenvalue weighted by molar-refractivity contribution is 0.105. The molecule has 0 atom stereocenters. The second-order valence-electron chi connectivity index (χ2n) is 2.85. The van der Waals surface area contributed by atoms with Crippen molar-refractivity contribution in [1.82, 2.24) is 0 Å². The summed E-state index contributed by atoms with van der Waals surface area (Å²) in [6.07, 6.45) is 3.45. The van der Waals surface area contributed by atoms with Gasteiger partial charge in [0.25, 0.3) is 0 Å². The normalized spacial score (nSPS) is 11.0. The fraction of sp³-hybridized carbons (Fsp3) is 0. The van der Waals surface area contributed by atoms with Crippen LogP contribution in [0.15, 0.2) is 38.8 Å². The highest BCUT2D eigenvalue weighted by atomic mass is 79.9. The average Bonchev–Trinajstić information content (AvgIpc) is 2.84. The molecule has 0 saturated carbocycles. The van der Waals surface area contributed by atoms with Crippen molar-refractivity contribution >= 4 is 50.5 Å². The van der Waals surface area contributed by atoms with Gasteiger partial charge in [-0.2, -0.15) is 11.3 Å². The number of halogens is 1. The predicted molar refractivity (Wildman–Crippen MR) is 69.7 cm³/mol. The summed E-state index contributed by atoms with van der Waals surface area (Å²) >= 11 is 6.42. The maximum absolute atomic E-state index is 11.7. The summed E-state index contributed by atoms with van der Waals surface area (Å²) in [5, 5.41) is 5.90. The molecule has 0 spiro atoms. The molecule has 1 nitrogen and oxygen atoms in total. The summed E-state index contributed by atoms with van der Waals surface area (Å²) in [6, 6.07) is 3.87. The fourth-order valence-electron chi connectivity index (χ4n) is 1.09. The monoisotopic (exact) mass is 298 g/mol. The minimum absolute atomic E-state index is 0.0445. The molecular weight excluding hydrogens is 292 g/mol. The zero-order valence-corrected chi connectivity index (χ0v) is 10.9. The Hall–Kier alpha value is -0.710. The summed E-state index contributed by atoms with van der Waals surface area (Å²) in [4.78, 5) is 12.5. The van der Waals surface area contributed by atoms with E-state index < -0.39 is 0 Å². The van der Waals surface area contributed by atoms with E-state index in [-0.39, 0.29) is 5.78 Å². The molecule has 0 saturated heterocycles. The molecule has 15 heavy (non-hydrogen) atoms. The highest BCUT2D eigenvalue weighted by Crippen LogP contribution is 2.23. The lowest BCUT2D eigenvalue weighted by Gasteiger charge is -1.90. The Balaban J connectivity index is 2.14. The molecule has 76 valence electrons. The average molecular weight is 299 g/mol. The molecule has 0 aliphatic carbocycles. The number of carbonyl (C=O) groups is 1. The summed E-state index contributed by atoms with van der Waals surface area (Å²) in [5.74, 6) is 0.0445. The SMILES string of the molecule is O=C(C=Cc1ccsc1)c1sccc1Br. The molecule has 0 unspecified atom stereocenters. The van der Waals surface area contributed by atoms with Gasteiger partial charge in [0.1, 0.15) is 0 Å². The van der Waals surface area contributed by atoms with Crippen LogP contribution in [0.3, 0.4) is 0 Å². The maximum Gasteiger partial charge on any atom is 0.196 e. The van der Waals surface area contributed by atoms with Crippen LogP contribution in [-0.4, -0.2) is 5.78 Å². The Bertz CT molecular complexity index is 482. The molecule has 0 N–H and O–H groups in total. The maximum atomic E-state index is 11.7. The molecule has 0 amide bonds.